The van der Waals surface area contributed by atoms with Gasteiger partial charge in [0.05, 0.1) is 18.7 Å². The lowest BCUT2D eigenvalue weighted by Gasteiger charge is -2.16. The Hall–Kier alpha value is -2.11. The molecule has 0 aliphatic heterocycles. The zero-order valence-corrected chi connectivity index (χ0v) is 20.4. The van der Waals surface area contributed by atoms with E-state index in [4.69, 9.17) is 49.0 Å². The van der Waals surface area contributed by atoms with E-state index in [0.29, 0.717) is 45.3 Å². The lowest BCUT2D eigenvalue weighted by Crippen LogP contribution is -2.17. The zero-order valence-electron chi connectivity index (χ0n) is 18.1. The molecule has 0 fully saturated rings. The van der Waals surface area contributed by atoms with Gasteiger partial charge in [0.25, 0.3) is 0 Å². The predicted molar refractivity (Wildman–Crippen MR) is 132 cm³/mol. The molecule has 3 aromatic carbocycles. The fourth-order valence-corrected chi connectivity index (χ4v) is 3.99. The van der Waals surface area contributed by atoms with Crippen LogP contribution in [0.2, 0.25) is 15.1 Å². The maximum absolute atomic E-state index is 6.54. The van der Waals surface area contributed by atoms with Crippen molar-refractivity contribution < 1.29 is 14.2 Å². The van der Waals surface area contributed by atoms with Gasteiger partial charge in [-0.2, -0.15) is 0 Å². The van der Waals surface area contributed by atoms with Gasteiger partial charge in [0.2, 0.25) is 0 Å². The monoisotopic (exact) mass is 493 g/mol. The molecule has 0 atom stereocenters. The second-order valence-corrected chi connectivity index (χ2v) is 8.32. The van der Waals surface area contributed by atoms with Crippen LogP contribution in [0, 0.1) is 0 Å². The van der Waals surface area contributed by atoms with Crippen LogP contribution >= 0.6 is 34.8 Å². The molecule has 0 radical (unpaired) electrons. The lowest BCUT2D eigenvalue weighted by molar-refractivity contribution is 0.269. The highest BCUT2D eigenvalue weighted by atomic mass is 35.5. The fraction of sp³-hybridized carbons (Fsp3) is 0.280. The first-order chi connectivity index (χ1) is 15.5. The SMILES string of the molecule is CCOc1cc(CNCCc2ccc(OC)cc2)cc(Cl)c1OCc1c(Cl)cccc1Cl. The molecule has 0 spiro atoms. The third-order valence-electron chi connectivity index (χ3n) is 4.87. The van der Waals surface area contributed by atoms with Crippen molar-refractivity contribution in [2.24, 2.45) is 0 Å². The number of hydrogen-bond acceptors (Lipinski definition) is 4. The number of ether oxygens (including phenoxy) is 3. The van der Waals surface area contributed by atoms with E-state index in [1.807, 2.05) is 31.2 Å². The highest BCUT2D eigenvalue weighted by Gasteiger charge is 2.15. The number of halogens is 3. The van der Waals surface area contributed by atoms with E-state index in [1.54, 1.807) is 25.3 Å². The summed E-state index contributed by atoms with van der Waals surface area (Å²) in [4.78, 5) is 0. The van der Waals surface area contributed by atoms with Crippen LogP contribution in [0.1, 0.15) is 23.6 Å². The molecule has 1 N–H and O–H groups in total. The fourth-order valence-electron chi connectivity index (χ4n) is 3.20. The number of methoxy groups -OCH3 is 1. The summed E-state index contributed by atoms with van der Waals surface area (Å²) in [5.41, 5.74) is 2.96. The van der Waals surface area contributed by atoms with Crippen molar-refractivity contribution >= 4 is 34.8 Å². The van der Waals surface area contributed by atoms with Crippen molar-refractivity contribution in [2.75, 3.05) is 20.3 Å². The first-order valence-electron chi connectivity index (χ1n) is 10.4. The minimum Gasteiger partial charge on any atom is -0.497 e. The van der Waals surface area contributed by atoms with E-state index in [1.165, 1.54) is 5.56 Å². The van der Waals surface area contributed by atoms with Crippen molar-refractivity contribution in [1.82, 2.24) is 5.32 Å². The maximum atomic E-state index is 6.54. The van der Waals surface area contributed by atoms with Gasteiger partial charge in [-0.25, -0.2) is 0 Å². The quantitative estimate of drug-likeness (QED) is 0.292. The standard InChI is InChI=1S/C25H26Cl3NO3/c1-3-31-24-14-18(15-29-12-11-17-7-9-19(30-2)10-8-17)13-23(28)25(24)32-16-20-21(26)5-4-6-22(20)27/h4-10,13-14,29H,3,11-12,15-16H2,1-2H3. The first kappa shape index (κ1) is 24.5. The third-order valence-corrected chi connectivity index (χ3v) is 5.86. The van der Waals surface area contributed by atoms with Crippen LogP contribution in [-0.2, 0) is 19.6 Å². The van der Waals surface area contributed by atoms with Gasteiger partial charge in [0.15, 0.2) is 11.5 Å². The van der Waals surface area contributed by atoms with Gasteiger partial charge < -0.3 is 19.5 Å². The molecular formula is C25H26Cl3NO3. The highest BCUT2D eigenvalue weighted by molar-refractivity contribution is 6.36. The predicted octanol–water partition coefficient (Wildman–Crippen LogP) is 6.97. The molecule has 0 amide bonds. The molecule has 0 heterocycles. The Balaban J connectivity index is 1.62. The Bertz CT molecular complexity index is 1010. The van der Waals surface area contributed by atoms with Crippen LogP contribution in [0.3, 0.4) is 0 Å². The van der Waals surface area contributed by atoms with E-state index in [0.717, 1.165) is 24.3 Å². The molecule has 0 saturated carbocycles. The van der Waals surface area contributed by atoms with Crippen molar-refractivity contribution in [1.29, 1.82) is 0 Å². The lowest BCUT2D eigenvalue weighted by atomic mass is 10.1. The Morgan fingerprint density at radius 1 is 0.844 bits per heavy atom. The summed E-state index contributed by atoms with van der Waals surface area (Å²) >= 11 is 19.0. The number of rotatable bonds is 11. The van der Waals surface area contributed by atoms with Gasteiger partial charge in [-0.05, 0) is 67.4 Å². The molecule has 32 heavy (non-hydrogen) atoms. The zero-order chi connectivity index (χ0) is 22.9. The molecule has 0 bridgehead atoms. The van der Waals surface area contributed by atoms with Gasteiger partial charge >= 0.3 is 0 Å². The van der Waals surface area contributed by atoms with E-state index in [9.17, 15) is 0 Å². The smallest absolute Gasteiger partial charge is 0.180 e. The van der Waals surface area contributed by atoms with Crippen molar-refractivity contribution in [2.45, 2.75) is 26.5 Å². The molecule has 0 aliphatic carbocycles. The summed E-state index contributed by atoms with van der Waals surface area (Å²) in [5.74, 6) is 1.93. The summed E-state index contributed by atoms with van der Waals surface area (Å²) in [7, 11) is 1.67. The van der Waals surface area contributed by atoms with Gasteiger partial charge in [-0.15, -0.1) is 0 Å². The average Bonchev–Trinajstić information content (AvgIpc) is 2.78. The third kappa shape index (κ3) is 6.69. The largest absolute Gasteiger partial charge is 0.497 e. The molecule has 0 saturated heterocycles. The van der Waals surface area contributed by atoms with Crippen LogP contribution in [-0.4, -0.2) is 20.3 Å². The van der Waals surface area contributed by atoms with E-state index >= 15 is 0 Å². The van der Waals surface area contributed by atoms with Gasteiger partial charge in [0, 0.05) is 22.2 Å². The Labute approximate surface area is 204 Å². The van der Waals surface area contributed by atoms with Crippen molar-refractivity contribution in [3.05, 3.63) is 86.4 Å². The summed E-state index contributed by atoms with van der Waals surface area (Å²) in [6, 6.07) is 17.3. The van der Waals surface area contributed by atoms with Crippen molar-refractivity contribution in [3.63, 3.8) is 0 Å². The molecular weight excluding hydrogens is 469 g/mol. The van der Waals surface area contributed by atoms with E-state index in [2.05, 4.69) is 17.4 Å². The van der Waals surface area contributed by atoms with Crippen LogP contribution in [0.5, 0.6) is 17.2 Å². The number of benzene rings is 3. The van der Waals surface area contributed by atoms with Crippen LogP contribution in [0.4, 0.5) is 0 Å². The first-order valence-corrected chi connectivity index (χ1v) is 11.5. The maximum Gasteiger partial charge on any atom is 0.180 e. The molecule has 170 valence electrons. The van der Waals surface area contributed by atoms with E-state index in [-0.39, 0.29) is 6.61 Å². The second-order valence-electron chi connectivity index (χ2n) is 7.10. The molecule has 7 heteroatoms. The van der Waals surface area contributed by atoms with Crippen LogP contribution in [0.25, 0.3) is 0 Å². The van der Waals surface area contributed by atoms with E-state index < -0.39 is 0 Å². The Morgan fingerprint density at radius 2 is 1.56 bits per heavy atom. The summed E-state index contributed by atoms with van der Waals surface area (Å²) < 4.78 is 17.0. The van der Waals surface area contributed by atoms with Gasteiger partial charge in [0.1, 0.15) is 12.4 Å². The number of nitrogens with one attached hydrogen (secondary N) is 1. The molecule has 3 aromatic rings. The molecule has 4 nitrogen and oxygen atoms in total. The molecule has 0 aromatic heterocycles. The summed E-state index contributed by atoms with van der Waals surface area (Å²) in [5, 5.41) is 5.02. The Morgan fingerprint density at radius 3 is 2.22 bits per heavy atom. The van der Waals surface area contributed by atoms with Crippen LogP contribution in [0.15, 0.2) is 54.6 Å². The minimum absolute atomic E-state index is 0.192. The molecule has 0 aliphatic rings. The summed E-state index contributed by atoms with van der Waals surface area (Å²) in [6.45, 7) is 4.10. The minimum atomic E-state index is 0.192. The second kappa shape index (κ2) is 12.2. The topological polar surface area (TPSA) is 39.7 Å². The summed E-state index contributed by atoms with van der Waals surface area (Å²) in [6.07, 6.45) is 0.913. The Kier molecular flexibility index (Phi) is 9.36. The molecule has 0 unspecified atom stereocenters. The van der Waals surface area contributed by atoms with Gasteiger partial charge in [-0.3, -0.25) is 0 Å². The van der Waals surface area contributed by atoms with Crippen LogP contribution < -0.4 is 19.5 Å². The number of hydrogen-bond donors (Lipinski definition) is 1. The highest BCUT2D eigenvalue weighted by Crippen LogP contribution is 2.38. The van der Waals surface area contributed by atoms with Crippen molar-refractivity contribution in [3.8, 4) is 17.2 Å². The molecule has 3 rings (SSSR count). The van der Waals surface area contributed by atoms with Gasteiger partial charge in [-0.1, -0.05) is 53.0 Å². The normalized spacial score (nSPS) is 10.8. The average molecular weight is 495 g/mol.